The maximum Gasteiger partial charge on any atom is 0.192 e. The van der Waals surface area contributed by atoms with Crippen LogP contribution in [-0.4, -0.2) is 21.1 Å². The standard InChI is InChI=1S/C22H17N3O/c26-16-21-23-17-24-25(21)22(18-10-4-1-5-11-18,19-12-6-2-7-13-19)20-14-8-3-9-15-20/h1-17H. The van der Waals surface area contributed by atoms with Crippen LogP contribution in [0.25, 0.3) is 0 Å². The first-order valence-corrected chi connectivity index (χ1v) is 8.39. The van der Waals surface area contributed by atoms with Gasteiger partial charge >= 0.3 is 0 Å². The molecule has 1 heterocycles. The maximum absolute atomic E-state index is 11.7. The second kappa shape index (κ2) is 6.76. The fourth-order valence-corrected chi connectivity index (χ4v) is 3.49. The summed E-state index contributed by atoms with van der Waals surface area (Å²) in [4.78, 5) is 15.9. The van der Waals surface area contributed by atoms with Gasteiger partial charge in [-0.05, 0) is 16.7 Å². The maximum atomic E-state index is 11.7. The minimum Gasteiger partial charge on any atom is -0.294 e. The zero-order valence-electron chi connectivity index (χ0n) is 14.1. The Kier molecular flexibility index (Phi) is 4.15. The molecule has 3 aromatic carbocycles. The highest BCUT2D eigenvalue weighted by Crippen LogP contribution is 2.40. The topological polar surface area (TPSA) is 47.8 Å². The summed E-state index contributed by atoms with van der Waals surface area (Å²) in [6.45, 7) is 0. The van der Waals surface area contributed by atoms with Gasteiger partial charge in [0.2, 0.25) is 0 Å². The van der Waals surface area contributed by atoms with Crippen LogP contribution in [0.4, 0.5) is 0 Å². The van der Waals surface area contributed by atoms with Crippen molar-refractivity contribution >= 4 is 6.29 Å². The lowest BCUT2D eigenvalue weighted by Gasteiger charge is -2.36. The summed E-state index contributed by atoms with van der Waals surface area (Å²) >= 11 is 0. The largest absolute Gasteiger partial charge is 0.294 e. The number of hydrogen-bond donors (Lipinski definition) is 0. The van der Waals surface area contributed by atoms with E-state index in [-0.39, 0.29) is 5.82 Å². The SMILES string of the molecule is O=Cc1ncnn1C(c1ccccc1)(c1ccccc1)c1ccccc1. The predicted octanol–water partition coefficient (Wildman–Crippen LogP) is 3.93. The van der Waals surface area contributed by atoms with E-state index in [0.29, 0.717) is 0 Å². The van der Waals surface area contributed by atoms with Crippen molar-refractivity contribution in [3.05, 3.63) is 120 Å². The molecule has 4 aromatic rings. The number of benzene rings is 3. The van der Waals surface area contributed by atoms with E-state index in [1.165, 1.54) is 6.33 Å². The Morgan fingerprint density at radius 3 is 1.50 bits per heavy atom. The first-order valence-electron chi connectivity index (χ1n) is 8.39. The predicted molar refractivity (Wildman–Crippen MR) is 100 cm³/mol. The highest BCUT2D eigenvalue weighted by Gasteiger charge is 2.40. The summed E-state index contributed by atoms with van der Waals surface area (Å²) < 4.78 is 1.71. The highest BCUT2D eigenvalue weighted by atomic mass is 16.1. The van der Waals surface area contributed by atoms with Crippen LogP contribution in [0.1, 0.15) is 27.3 Å². The van der Waals surface area contributed by atoms with Crippen molar-refractivity contribution in [2.75, 3.05) is 0 Å². The molecule has 0 bridgehead atoms. The van der Waals surface area contributed by atoms with Gasteiger partial charge in [-0.25, -0.2) is 9.67 Å². The van der Waals surface area contributed by atoms with Gasteiger partial charge in [0.1, 0.15) is 11.9 Å². The molecule has 0 saturated heterocycles. The Bertz CT molecular complexity index is 899. The van der Waals surface area contributed by atoms with Crippen molar-refractivity contribution < 1.29 is 4.79 Å². The third-order valence-electron chi connectivity index (χ3n) is 4.57. The zero-order valence-corrected chi connectivity index (χ0v) is 14.1. The molecule has 0 N–H and O–H groups in total. The van der Waals surface area contributed by atoms with Gasteiger partial charge in [0.25, 0.3) is 0 Å². The molecule has 0 aliphatic heterocycles. The van der Waals surface area contributed by atoms with Gasteiger partial charge in [-0.15, -0.1) is 0 Å². The molecule has 0 radical (unpaired) electrons. The monoisotopic (exact) mass is 339 g/mol. The van der Waals surface area contributed by atoms with Gasteiger partial charge in [0.05, 0.1) is 0 Å². The number of carbonyl (C=O) groups excluding carboxylic acids is 1. The number of rotatable bonds is 5. The van der Waals surface area contributed by atoms with Crippen molar-refractivity contribution in [3.63, 3.8) is 0 Å². The Hall–Kier alpha value is -3.53. The quantitative estimate of drug-likeness (QED) is 0.409. The molecule has 4 nitrogen and oxygen atoms in total. The van der Waals surface area contributed by atoms with Gasteiger partial charge in [-0.1, -0.05) is 91.0 Å². The van der Waals surface area contributed by atoms with Crippen LogP contribution in [-0.2, 0) is 5.54 Å². The van der Waals surface area contributed by atoms with Gasteiger partial charge in [-0.2, -0.15) is 5.10 Å². The van der Waals surface area contributed by atoms with Crippen LogP contribution in [0.3, 0.4) is 0 Å². The molecule has 0 unspecified atom stereocenters. The molecular weight excluding hydrogens is 322 g/mol. The lowest BCUT2D eigenvalue weighted by atomic mass is 9.77. The normalized spacial score (nSPS) is 11.2. The van der Waals surface area contributed by atoms with E-state index in [2.05, 4.69) is 46.5 Å². The Morgan fingerprint density at radius 1 is 0.692 bits per heavy atom. The van der Waals surface area contributed by atoms with E-state index >= 15 is 0 Å². The second-order valence-electron chi connectivity index (χ2n) is 5.96. The number of aromatic nitrogens is 3. The number of hydrogen-bond acceptors (Lipinski definition) is 3. The van der Waals surface area contributed by atoms with Crippen LogP contribution < -0.4 is 0 Å². The van der Waals surface area contributed by atoms with E-state index in [9.17, 15) is 4.79 Å². The number of nitrogens with zero attached hydrogens (tertiary/aromatic N) is 3. The van der Waals surface area contributed by atoms with Crippen molar-refractivity contribution in [3.8, 4) is 0 Å². The molecule has 0 aliphatic carbocycles. The van der Waals surface area contributed by atoms with Crippen LogP contribution in [0.2, 0.25) is 0 Å². The molecule has 4 rings (SSSR count). The fraction of sp³-hybridized carbons (Fsp3) is 0.0455. The Balaban J connectivity index is 2.16. The van der Waals surface area contributed by atoms with E-state index in [0.717, 1.165) is 23.0 Å². The highest BCUT2D eigenvalue weighted by molar-refractivity contribution is 5.70. The van der Waals surface area contributed by atoms with Crippen LogP contribution in [0.5, 0.6) is 0 Å². The third kappa shape index (κ3) is 2.43. The zero-order chi connectivity index (χ0) is 17.8. The summed E-state index contributed by atoms with van der Waals surface area (Å²) in [5.74, 6) is 0.279. The van der Waals surface area contributed by atoms with Gasteiger partial charge < -0.3 is 0 Å². The van der Waals surface area contributed by atoms with E-state index in [4.69, 9.17) is 0 Å². The van der Waals surface area contributed by atoms with Crippen LogP contribution >= 0.6 is 0 Å². The third-order valence-corrected chi connectivity index (χ3v) is 4.57. The lowest BCUT2D eigenvalue weighted by Crippen LogP contribution is -2.39. The summed E-state index contributed by atoms with van der Waals surface area (Å²) in [7, 11) is 0. The van der Waals surface area contributed by atoms with Crippen molar-refractivity contribution in [2.24, 2.45) is 0 Å². The van der Waals surface area contributed by atoms with Gasteiger partial charge in [-0.3, -0.25) is 4.79 Å². The molecule has 0 amide bonds. The first kappa shape index (κ1) is 16.0. The minimum absolute atomic E-state index is 0.279. The lowest BCUT2D eigenvalue weighted by molar-refractivity contribution is 0.110. The summed E-state index contributed by atoms with van der Waals surface area (Å²) in [5.41, 5.74) is 2.22. The minimum atomic E-state index is -0.795. The molecule has 4 heteroatoms. The molecule has 1 aromatic heterocycles. The molecule has 0 spiro atoms. The van der Waals surface area contributed by atoms with Gasteiger partial charge in [0, 0.05) is 0 Å². The van der Waals surface area contributed by atoms with Gasteiger partial charge in [0.15, 0.2) is 12.1 Å². The molecule has 0 fully saturated rings. The average molecular weight is 339 g/mol. The summed E-state index contributed by atoms with van der Waals surface area (Å²) in [6.07, 6.45) is 2.17. The second-order valence-corrected chi connectivity index (χ2v) is 5.96. The first-order chi connectivity index (χ1) is 12.9. The Morgan fingerprint density at radius 2 is 1.12 bits per heavy atom. The fourth-order valence-electron chi connectivity index (χ4n) is 3.49. The summed E-state index contributed by atoms with van der Waals surface area (Å²) in [6, 6.07) is 30.2. The van der Waals surface area contributed by atoms with Crippen molar-refractivity contribution in [2.45, 2.75) is 5.54 Å². The van der Waals surface area contributed by atoms with Crippen LogP contribution in [0, 0.1) is 0 Å². The molecule has 26 heavy (non-hydrogen) atoms. The van der Waals surface area contributed by atoms with Crippen molar-refractivity contribution in [1.82, 2.24) is 14.8 Å². The summed E-state index contributed by atoms with van der Waals surface area (Å²) in [5, 5.41) is 4.46. The van der Waals surface area contributed by atoms with E-state index in [1.807, 2.05) is 54.6 Å². The molecular formula is C22H17N3O. The van der Waals surface area contributed by atoms with E-state index in [1.54, 1.807) is 4.68 Å². The molecule has 0 atom stereocenters. The van der Waals surface area contributed by atoms with Crippen molar-refractivity contribution in [1.29, 1.82) is 0 Å². The molecule has 0 aliphatic rings. The average Bonchev–Trinajstić information content (AvgIpc) is 3.20. The molecule has 126 valence electrons. The molecule has 0 saturated carbocycles. The van der Waals surface area contributed by atoms with Crippen LogP contribution in [0.15, 0.2) is 97.3 Å². The van der Waals surface area contributed by atoms with E-state index < -0.39 is 5.54 Å². The Labute approximate surface area is 151 Å². The number of carbonyl (C=O) groups is 1. The smallest absolute Gasteiger partial charge is 0.192 e. The number of aldehydes is 1.